The van der Waals surface area contributed by atoms with Crippen LogP contribution in [0.4, 0.5) is 8.78 Å². The van der Waals surface area contributed by atoms with E-state index in [2.05, 4.69) is 4.98 Å². The van der Waals surface area contributed by atoms with E-state index in [-0.39, 0.29) is 11.6 Å². The summed E-state index contributed by atoms with van der Waals surface area (Å²) in [6.45, 7) is 5.80. The van der Waals surface area contributed by atoms with Crippen LogP contribution in [0.15, 0.2) is 36.5 Å². The molecule has 19 heavy (non-hydrogen) atoms. The van der Waals surface area contributed by atoms with E-state index in [0.717, 1.165) is 5.56 Å². The van der Waals surface area contributed by atoms with Gasteiger partial charge in [0, 0.05) is 11.8 Å². The van der Waals surface area contributed by atoms with E-state index in [4.69, 9.17) is 0 Å². The third-order valence-corrected chi connectivity index (χ3v) is 2.24. The standard InChI is InChI=1S/C12H10FNO.C2H6.CH3F/c1-8-6-7-14-11(12(8)15)9-2-4-10(13)5-3-9;2*1-2/h2-7,15H,1H3;1-2H3;1H3. The summed E-state index contributed by atoms with van der Waals surface area (Å²) in [5, 5.41) is 9.76. The lowest BCUT2D eigenvalue weighted by molar-refractivity contribution is 0.471. The topological polar surface area (TPSA) is 33.1 Å². The smallest absolute Gasteiger partial charge is 0.144 e. The molecule has 2 aromatic rings. The molecule has 0 aliphatic rings. The molecule has 0 unspecified atom stereocenters. The minimum atomic E-state index is -0.300. The van der Waals surface area contributed by atoms with Crippen molar-refractivity contribution >= 4 is 0 Å². The molecule has 2 nitrogen and oxygen atoms in total. The van der Waals surface area contributed by atoms with Gasteiger partial charge in [0.1, 0.15) is 17.3 Å². The molecular formula is C15H19F2NO. The molecule has 1 N–H and O–H groups in total. The van der Waals surface area contributed by atoms with E-state index in [1.807, 2.05) is 13.8 Å². The van der Waals surface area contributed by atoms with Gasteiger partial charge in [-0.05, 0) is 42.8 Å². The normalized spacial score (nSPS) is 8.74. The number of hydrogen-bond donors (Lipinski definition) is 1. The van der Waals surface area contributed by atoms with E-state index in [0.29, 0.717) is 18.4 Å². The zero-order chi connectivity index (χ0) is 14.8. The van der Waals surface area contributed by atoms with Crippen LogP contribution in [0, 0.1) is 12.7 Å². The van der Waals surface area contributed by atoms with Crippen LogP contribution in [0.1, 0.15) is 19.4 Å². The monoisotopic (exact) mass is 267 g/mol. The van der Waals surface area contributed by atoms with E-state index in [1.54, 1.807) is 31.3 Å². The Morgan fingerprint density at radius 1 is 1.00 bits per heavy atom. The van der Waals surface area contributed by atoms with Gasteiger partial charge in [0.05, 0.1) is 7.18 Å². The average molecular weight is 267 g/mol. The molecule has 0 atom stereocenters. The van der Waals surface area contributed by atoms with Crippen molar-refractivity contribution in [3.05, 3.63) is 47.9 Å². The van der Waals surface area contributed by atoms with Crippen molar-refractivity contribution in [3.63, 3.8) is 0 Å². The second-order valence-corrected chi connectivity index (χ2v) is 3.33. The number of rotatable bonds is 1. The summed E-state index contributed by atoms with van der Waals surface area (Å²) in [7, 11) is 0.500. The van der Waals surface area contributed by atoms with Crippen molar-refractivity contribution in [3.8, 4) is 17.0 Å². The predicted molar refractivity (Wildman–Crippen MR) is 74.4 cm³/mol. The van der Waals surface area contributed by atoms with Gasteiger partial charge in [-0.1, -0.05) is 13.8 Å². The fraction of sp³-hybridized carbons (Fsp3) is 0.267. The van der Waals surface area contributed by atoms with Gasteiger partial charge in [-0.25, -0.2) is 4.39 Å². The molecule has 0 amide bonds. The third kappa shape index (κ3) is 4.66. The van der Waals surface area contributed by atoms with E-state index in [9.17, 15) is 13.9 Å². The third-order valence-electron chi connectivity index (χ3n) is 2.24. The zero-order valence-corrected chi connectivity index (χ0v) is 11.6. The van der Waals surface area contributed by atoms with Crippen LogP contribution in [-0.2, 0) is 0 Å². The van der Waals surface area contributed by atoms with Crippen LogP contribution < -0.4 is 0 Å². The first-order valence-electron chi connectivity index (χ1n) is 5.97. The summed E-state index contributed by atoms with van der Waals surface area (Å²) in [6, 6.07) is 7.60. The molecule has 4 heteroatoms. The zero-order valence-electron chi connectivity index (χ0n) is 11.6. The largest absolute Gasteiger partial charge is 0.505 e. The number of nitrogens with zero attached hydrogens (tertiary/aromatic N) is 1. The summed E-state index contributed by atoms with van der Waals surface area (Å²) in [5.41, 5.74) is 1.94. The van der Waals surface area contributed by atoms with Crippen molar-refractivity contribution in [2.24, 2.45) is 0 Å². The maximum Gasteiger partial charge on any atom is 0.144 e. The van der Waals surface area contributed by atoms with Crippen LogP contribution in [0.5, 0.6) is 5.75 Å². The maximum absolute atomic E-state index is 12.7. The summed E-state index contributed by atoms with van der Waals surface area (Å²) in [5.74, 6) is -0.157. The molecule has 0 aliphatic heterocycles. The molecule has 104 valence electrons. The fourth-order valence-corrected chi connectivity index (χ4v) is 1.37. The van der Waals surface area contributed by atoms with Crippen LogP contribution in [0.2, 0.25) is 0 Å². The molecule has 0 radical (unpaired) electrons. The molecule has 2 rings (SSSR count). The Balaban J connectivity index is 0.000000741. The highest BCUT2D eigenvalue weighted by Crippen LogP contribution is 2.29. The van der Waals surface area contributed by atoms with Gasteiger partial charge in [-0.2, -0.15) is 0 Å². The molecule has 0 spiro atoms. The van der Waals surface area contributed by atoms with Crippen LogP contribution in [-0.4, -0.2) is 17.3 Å². The van der Waals surface area contributed by atoms with Crippen LogP contribution in [0.25, 0.3) is 11.3 Å². The van der Waals surface area contributed by atoms with Gasteiger partial charge in [-0.3, -0.25) is 9.37 Å². The molecule has 1 aromatic carbocycles. The fourth-order valence-electron chi connectivity index (χ4n) is 1.37. The quantitative estimate of drug-likeness (QED) is 0.824. The van der Waals surface area contributed by atoms with E-state index >= 15 is 0 Å². The first-order valence-corrected chi connectivity index (χ1v) is 5.97. The van der Waals surface area contributed by atoms with Crippen LogP contribution in [0.3, 0.4) is 0 Å². The average Bonchev–Trinajstić information content (AvgIpc) is 2.47. The van der Waals surface area contributed by atoms with E-state index < -0.39 is 0 Å². The Labute approximate surface area is 112 Å². The van der Waals surface area contributed by atoms with Crippen LogP contribution >= 0.6 is 0 Å². The Morgan fingerprint density at radius 3 is 2.05 bits per heavy atom. The number of alkyl halides is 1. The van der Waals surface area contributed by atoms with Gasteiger partial charge in [-0.15, -0.1) is 0 Å². The lowest BCUT2D eigenvalue weighted by Gasteiger charge is -2.05. The lowest BCUT2D eigenvalue weighted by Crippen LogP contribution is -1.86. The minimum absolute atomic E-state index is 0.143. The highest BCUT2D eigenvalue weighted by molar-refractivity contribution is 5.67. The molecule has 0 aliphatic carbocycles. The number of benzene rings is 1. The number of hydrogen-bond acceptors (Lipinski definition) is 2. The molecular weight excluding hydrogens is 248 g/mol. The molecule has 0 bridgehead atoms. The van der Waals surface area contributed by atoms with Gasteiger partial charge in [0.25, 0.3) is 0 Å². The van der Waals surface area contributed by atoms with Gasteiger partial charge >= 0.3 is 0 Å². The van der Waals surface area contributed by atoms with Gasteiger partial charge in [0.15, 0.2) is 0 Å². The maximum atomic E-state index is 12.7. The molecule has 1 aromatic heterocycles. The molecule has 1 heterocycles. The molecule has 0 saturated carbocycles. The summed E-state index contributed by atoms with van der Waals surface area (Å²) >= 11 is 0. The Bertz CT molecular complexity index is 484. The number of aromatic hydroxyl groups is 1. The minimum Gasteiger partial charge on any atom is -0.505 e. The van der Waals surface area contributed by atoms with Crippen molar-refractivity contribution in [1.29, 1.82) is 0 Å². The highest BCUT2D eigenvalue weighted by atomic mass is 19.1. The Hall–Kier alpha value is -1.97. The first-order chi connectivity index (χ1) is 9.18. The second kappa shape index (κ2) is 9.03. The lowest BCUT2D eigenvalue weighted by atomic mass is 10.1. The predicted octanol–water partition coefficient (Wildman–Crippen LogP) is 4.51. The summed E-state index contributed by atoms with van der Waals surface area (Å²) < 4.78 is 22.2. The van der Waals surface area contributed by atoms with E-state index in [1.165, 1.54) is 12.1 Å². The number of aryl methyl sites for hydroxylation is 1. The van der Waals surface area contributed by atoms with Gasteiger partial charge in [0.2, 0.25) is 0 Å². The Morgan fingerprint density at radius 2 is 1.53 bits per heavy atom. The van der Waals surface area contributed by atoms with Crippen molar-refractivity contribution < 1.29 is 13.9 Å². The molecule has 0 fully saturated rings. The Kier molecular flexibility index (Phi) is 8.09. The SMILES string of the molecule is CC.CF.Cc1ccnc(-c2ccc(F)cc2)c1O. The van der Waals surface area contributed by atoms with Crippen molar-refractivity contribution in [2.45, 2.75) is 20.8 Å². The first kappa shape index (κ1) is 17.0. The van der Waals surface area contributed by atoms with Crippen molar-refractivity contribution in [2.75, 3.05) is 7.18 Å². The second-order valence-electron chi connectivity index (χ2n) is 3.33. The van der Waals surface area contributed by atoms with Gasteiger partial charge < -0.3 is 5.11 Å². The summed E-state index contributed by atoms with van der Waals surface area (Å²) in [6.07, 6.45) is 1.62. The number of pyridine rings is 1. The number of aromatic nitrogens is 1. The highest BCUT2D eigenvalue weighted by Gasteiger charge is 2.07. The molecule has 0 saturated heterocycles. The van der Waals surface area contributed by atoms with Crippen molar-refractivity contribution in [1.82, 2.24) is 4.98 Å². The summed E-state index contributed by atoms with van der Waals surface area (Å²) in [4.78, 5) is 4.07. The number of halogens is 2.